The molecule has 15 heavy (non-hydrogen) atoms. The summed E-state index contributed by atoms with van der Waals surface area (Å²) in [4.78, 5) is 4.32. The van der Waals surface area contributed by atoms with Crippen LogP contribution in [0.2, 0.25) is 0 Å². The summed E-state index contributed by atoms with van der Waals surface area (Å²) in [5, 5.41) is 3.65. The lowest BCUT2D eigenvalue weighted by atomic mass is 10.2. The van der Waals surface area contributed by atoms with Gasteiger partial charge in [-0.15, -0.1) is 11.6 Å². The molecule has 0 spiro atoms. The number of halogens is 2. The van der Waals surface area contributed by atoms with Crippen molar-refractivity contribution in [2.24, 2.45) is 0 Å². The van der Waals surface area contributed by atoms with Gasteiger partial charge in [-0.05, 0) is 53.7 Å². The second kappa shape index (κ2) is 4.71. The van der Waals surface area contributed by atoms with E-state index in [0.717, 1.165) is 23.1 Å². The normalized spacial score (nSPS) is 25.5. The Kier molecular flexibility index (Phi) is 3.52. The van der Waals surface area contributed by atoms with Crippen molar-refractivity contribution in [3.05, 3.63) is 22.3 Å². The third kappa shape index (κ3) is 2.45. The highest BCUT2D eigenvalue weighted by atomic mass is 79.9. The maximum atomic E-state index is 6.21. The van der Waals surface area contributed by atoms with E-state index in [9.17, 15) is 0 Å². The summed E-state index contributed by atoms with van der Waals surface area (Å²) in [6, 6.07) is 2.35. The Morgan fingerprint density at radius 2 is 2.33 bits per heavy atom. The number of anilines is 1. The van der Waals surface area contributed by atoms with Gasteiger partial charge in [-0.1, -0.05) is 0 Å². The van der Waals surface area contributed by atoms with E-state index in [1.54, 1.807) is 0 Å². The number of pyridine rings is 1. The molecule has 2 nitrogen and oxygen atoms in total. The van der Waals surface area contributed by atoms with Gasteiger partial charge in [0.15, 0.2) is 0 Å². The van der Waals surface area contributed by atoms with E-state index in [-0.39, 0.29) is 5.38 Å². The van der Waals surface area contributed by atoms with Crippen LogP contribution in [-0.2, 0) is 0 Å². The average molecular weight is 290 g/mol. The van der Waals surface area contributed by atoms with Gasteiger partial charge in [0, 0.05) is 12.2 Å². The number of nitrogens with zero attached hydrogens (tertiary/aromatic N) is 1. The van der Waals surface area contributed by atoms with Gasteiger partial charge in [0.05, 0.1) is 9.85 Å². The van der Waals surface area contributed by atoms with E-state index in [2.05, 4.69) is 33.2 Å². The molecule has 0 saturated heterocycles. The fourth-order valence-corrected chi connectivity index (χ4v) is 2.59. The van der Waals surface area contributed by atoms with E-state index in [1.807, 2.05) is 12.3 Å². The molecule has 0 amide bonds. The number of rotatable bonds is 2. The zero-order valence-electron chi connectivity index (χ0n) is 8.63. The van der Waals surface area contributed by atoms with Crippen LogP contribution in [-0.4, -0.2) is 16.4 Å². The van der Waals surface area contributed by atoms with Crippen LogP contribution < -0.4 is 5.32 Å². The Hall–Kier alpha value is -0.280. The zero-order chi connectivity index (χ0) is 10.8. The quantitative estimate of drug-likeness (QED) is 0.839. The highest BCUT2D eigenvalue weighted by Crippen LogP contribution is 2.30. The summed E-state index contributed by atoms with van der Waals surface area (Å²) < 4.78 is 1.04. The topological polar surface area (TPSA) is 24.9 Å². The van der Waals surface area contributed by atoms with Crippen molar-refractivity contribution in [2.75, 3.05) is 5.32 Å². The summed E-state index contributed by atoms with van der Waals surface area (Å²) >= 11 is 9.75. The van der Waals surface area contributed by atoms with Gasteiger partial charge in [0.2, 0.25) is 0 Å². The number of aromatic nitrogens is 1. The third-order valence-corrected chi connectivity index (χ3v) is 4.36. The van der Waals surface area contributed by atoms with E-state index in [4.69, 9.17) is 11.6 Å². The average Bonchev–Trinajstić information content (AvgIpc) is 2.60. The van der Waals surface area contributed by atoms with Crippen molar-refractivity contribution >= 4 is 33.3 Å². The molecule has 4 heteroatoms. The standard InChI is InChI=1S/C11H14BrClN2/c1-7-5-6-14-11(10(7)12)15-9-4-2-3-8(9)13/h5-6,8-9H,2-4H2,1H3,(H,14,15). The van der Waals surface area contributed by atoms with E-state index < -0.39 is 0 Å². The van der Waals surface area contributed by atoms with Gasteiger partial charge < -0.3 is 5.32 Å². The molecular formula is C11H14BrClN2. The first-order valence-electron chi connectivity index (χ1n) is 5.20. The maximum absolute atomic E-state index is 6.21. The van der Waals surface area contributed by atoms with Crippen LogP contribution >= 0.6 is 27.5 Å². The summed E-state index contributed by atoms with van der Waals surface area (Å²) in [6.07, 6.45) is 5.26. The maximum Gasteiger partial charge on any atom is 0.140 e. The summed E-state index contributed by atoms with van der Waals surface area (Å²) in [6.45, 7) is 2.06. The summed E-state index contributed by atoms with van der Waals surface area (Å²) in [5.41, 5.74) is 1.19. The van der Waals surface area contributed by atoms with Gasteiger partial charge in [0.1, 0.15) is 5.82 Å². The molecule has 0 bridgehead atoms. The Labute approximate surface area is 104 Å². The van der Waals surface area contributed by atoms with Crippen molar-refractivity contribution in [3.63, 3.8) is 0 Å². The summed E-state index contributed by atoms with van der Waals surface area (Å²) in [5.74, 6) is 0.910. The lowest BCUT2D eigenvalue weighted by Gasteiger charge is -2.17. The molecule has 1 N–H and O–H groups in total. The van der Waals surface area contributed by atoms with Crippen molar-refractivity contribution in [1.82, 2.24) is 4.98 Å². The van der Waals surface area contributed by atoms with E-state index in [0.29, 0.717) is 6.04 Å². The molecule has 2 rings (SSSR count). The Bertz CT molecular complexity index is 356. The first-order chi connectivity index (χ1) is 7.18. The molecule has 1 aromatic heterocycles. The minimum atomic E-state index is 0.235. The first-order valence-corrected chi connectivity index (χ1v) is 6.43. The molecule has 0 aromatic carbocycles. The molecule has 1 saturated carbocycles. The second-order valence-electron chi connectivity index (χ2n) is 3.99. The molecule has 0 aliphatic heterocycles. The van der Waals surface area contributed by atoms with Crippen LogP contribution in [0.1, 0.15) is 24.8 Å². The Morgan fingerprint density at radius 3 is 3.00 bits per heavy atom. The molecule has 1 heterocycles. The number of nitrogens with one attached hydrogen (secondary N) is 1. The van der Waals surface area contributed by atoms with Crippen LogP contribution in [0.4, 0.5) is 5.82 Å². The van der Waals surface area contributed by atoms with Gasteiger partial charge in [-0.25, -0.2) is 4.98 Å². The predicted octanol–water partition coefficient (Wildman–Crippen LogP) is 3.72. The lowest BCUT2D eigenvalue weighted by molar-refractivity contribution is 0.755. The molecule has 0 radical (unpaired) electrons. The van der Waals surface area contributed by atoms with Crippen molar-refractivity contribution in [3.8, 4) is 0 Å². The van der Waals surface area contributed by atoms with Crippen molar-refractivity contribution < 1.29 is 0 Å². The van der Waals surface area contributed by atoms with Crippen LogP contribution in [0.15, 0.2) is 16.7 Å². The number of hydrogen-bond donors (Lipinski definition) is 1. The van der Waals surface area contributed by atoms with Gasteiger partial charge >= 0.3 is 0 Å². The molecule has 1 aliphatic carbocycles. The van der Waals surface area contributed by atoms with Crippen LogP contribution in [0.25, 0.3) is 0 Å². The highest BCUT2D eigenvalue weighted by Gasteiger charge is 2.25. The monoisotopic (exact) mass is 288 g/mol. The van der Waals surface area contributed by atoms with Gasteiger partial charge in [-0.3, -0.25) is 0 Å². The SMILES string of the molecule is Cc1ccnc(NC2CCCC2Cl)c1Br. The first kappa shape index (κ1) is 11.2. The lowest BCUT2D eigenvalue weighted by Crippen LogP contribution is -2.25. The van der Waals surface area contributed by atoms with Gasteiger partial charge in [-0.2, -0.15) is 0 Å². The second-order valence-corrected chi connectivity index (χ2v) is 5.34. The van der Waals surface area contributed by atoms with E-state index >= 15 is 0 Å². The molecular weight excluding hydrogens is 275 g/mol. The molecule has 1 aliphatic rings. The van der Waals surface area contributed by atoms with Crippen molar-refractivity contribution in [1.29, 1.82) is 0 Å². The zero-order valence-corrected chi connectivity index (χ0v) is 11.0. The van der Waals surface area contributed by atoms with Crippen LogP contribution in [0.5, 0.6) is 0 Å². The van der Waals surface area contributed by atoms with Crippen LogP contribution in [0, 0.1) is 6.92 Å². The summed E-state index contributed by atoms with van der Waals surface area (Å²) in [7, 11) is 0. The van der Waals surface area contributed by atoms with Crippen molar-refractivity contribution in [2.45, 2.75) is 37.6 Å². The third-order valence-electron chi connectivity index (χ3n) is 2.84. The van der Waals surface area contributed by atoms with Crippen LogP contribution in [0.3, 0.4) is 0 Å². The smallest absolute Gasteiger partial charge is 0.140 e. The number of alkyl halides is 1. The highest BCUT2D eigenvalue weighted by molar-refractivity contribution is 9.10. The molecule has 82 valence electrons. The number of aryl methyl sites for hydroxylation is 1. The fourth-order valence-electron chi connectivity index (χ4n) is 1.89. The largest absolute Gasteiger partial charge is 0.365 e. The molecule has 1 aromatic rings. The predicted molar refractivity (Wildman–Crippen MR) is 67.6 cm³/mol. The fraction of sp³-hybridized carbons (Fsp3) is 0.545. The van der Waals surface area contributed by atoms with Gasteiger partial charge in [0.25, 0.3) is 0 Å². The Morgan fingerprint density at radius 1 is 1.53 bits per heavy atom. The molecule has 1 fully saturated rings. The minimum absolute atomic E-state index is 0.235. The number of hydrogen-bond acceptors (Lipinski definition) is 2. The molecule has 2 atom stereocenters. The van der Waals surface area contributed by atoms with E-state index in [1.165, 1.54) is 12.0 Å². The Balaban J connectivity index is 2.13. The minimum Gasteiger partial charge on any atom is -0.365 e. The molecule has 2 unspecified atom stereocenters.